The molecular formula is C16H32KNaO4. The van der Waals surface area contributed by atoms with Crippen molar-refractivity contribution in [2.45, 2.75) is 78.6 Å². The molecule has 0 aromatic carbocycles. The Morgan fingerprint density at radius 3 is 1.55 bits per heavy atom. The molecule has 122 valence electrons. The number of carboxylic acid groups (broad SMARTS) is 2. The Balaban J connectivity index is -0.00000180. The molecule has 2 N–H and O–H groups in total. The van der Waals surface area contributed by atoms with Gasteiger partial charge in [-0.25, -0.2) is 0 Å². The van der Waals surface area contributed by atoms with Crippen LogP contribution in [0, 0.1) is 11.3 Å². The van der Waals surface area contributed by atoms with Crippen molar-refractivity contribution in [1.82, 2.24) is 0 Å². The summed E-state index contributed by atoms with van der Waals surface area (Å²) in [5.41, 5.74) is -1.62. The van der Waals surface area contributed by atoms with Gasteiger partial charge in [0.1, 0.15) is 0 Å². The van der Waals surface area contributed by atoms with Gasteiger partial charge in [-0.05, 0) is 12.3 Å². The van der Waals surface area contributed by atoms with Crippen molar-refractivity contribution in [3.05, 3.63) is 0 Å². The van der Waals surface area contributed by atoms with E-state index in [9.17, 15) is 19.8 Å². The molecule has 0 saturated heterocycles. The van der Waals surface area contributed by atoms with Gasteiger partial charge in [0.05, 0.1) is 0 Å². The van der Waals surface area contributed by atoms with Gasteiger partial charge in [-0.3, -0.25) is 9.59 Å². The third-order valence-corrected chi connectivity index (χ3v) is 4.17. The summed E-state index contributed by atoms with van der Waals surface area (Å²) in [6.45, 7) is 5.53. The fourth-order valence-electron chi connectivity index (χ4n) is 2.63. The maximum atomic E-state index is 11.4. The summed E-state index contributed by atoms with van der Waals surface area (Å²) in [5.74, 6) is -2.81. The Bertz CT molecular complexity index is 295. The van der Waals surface area contributed by atoms with E-state index in [1.54, 1.807) is 13.8 Å². The zero-order valence-corrected chi connectivity index (χ0v) is 13.2. The van der Waals surface area contributed by atoms with E-state index in [4.69, 9.17) is 0 Å². The Kier molecular flexibility index (Phi) is 20.7. The normalized spacial score (nSPS) is 10.7. The minimum atomic E-state index is -1.62. The average molecular weight is 351 g/mol. The molecule has 0 fully saturated rings. The average Bonchev–Trinajstić information content (AvgIpc) is 2.35. The summed E-state index contributed by atoms with van der Waals surface area (Å²) in [4.78, 5) is 22.7. The fraction of sp³-hybridized carbons (Fsp3) is 0.875. The van der Waals surface area contributed by atoms with E-state index in [1.807, 2.05) is 0 Å². The monoisotopic (exact) mass is 350 g/mol. The van der Waals surface area contributed by atoms with Gasteiger partial charge in [0, 0.05) is 0 Å². The van der Waals surface area contributed by atoms with Crippen molar-refractivity contribution >= 4 is 92.9 Å². The van der Waals surface area contributed by atoms with Gasteiger partial charge >= 0.3 is 92.9 Å². The van der Waals surface area contributed by atoms with E-state index < -0.39 is 23.3 Å². The van der Waals surface area contributed by atoms with Crippen molar-refractivity contribution in [3.63, 3.8) is 0 Å². The van der Waals surface area contributed by atoms with E-state index >= 15 is 0 Å². The van der Waals surface area contributed by atoms with Crippen molar-refractivity contribution in [3.8, 4) is 0 Å². The summed E-state index contributed by atoms with van der Waals surface area (Å²) in [6.07, 6.45) is 9.03. The first-order chi connectivity index (χ1) is 9.39. The summed E-state index contributed by atoms with van der Waals surface area (Å²) in [7, 11) is 0. The van der Waals surface area contributed by atoms with E-state index in [1.165, 1.54) is 25.7 Å². The number of rotatable bonds is 12. The van der Waals surface area contributed by atoms with Crippen LogP contribution in [0.25, 0.3) is 0 Å². The Morgan fingerprint density at radius 1 is 0.864 bits per heavy atom. The van der Waals surface area contributed by atoms with Crippen LogP contribution in [-0.2, 0) is 9.59 Å². The van der Waals surface area contributed by atoms with Gasteiger partial charge in [0.25, 0.3) is 0 Å². The molecular weight excluding hydrogens is 318 g/mol. The first-order valence-corrected chi connectivity index (χ1v) is 7.86. The Morgan fingerprint density at radius 2 is 1.23 bits per heavy atom. The van der Waals surface area contributed by atoms with Crippen LogP contribution in [0.3, 0.4) is 0 Å². The summed E-state index contributed by atoms with van der Waals surface area (Å²) >= 11 is 0. The topological polar surface area (TPSA) is 74.6 Å². The predicted molar refractivity (Wildman–Crippen MR) is 94.1 cm³/mol. The van der Waals surface area contributed by atoms with Crippen molar-refractivity contribution in [2.24, 2.45) is 11.3 Å². The predicted octanol–water partition coefficient (Wildman–Crippen LogP) is 3.03. The van der Waals surface area contributed by atoms with E-state index in [0.717, 1.165) is 19.3 Å². The fourth-order valence-corrected chi connectivity index (χ4v) is 2.63. The maximum absolute atomic E-state index is 11.4. The molecule has 0 aromatic heterocycles. The second-order valence-electron chi connectivity index (χ2n) is 5.96. The molecule has 0 atom stereocenters. The van der Waals surface area contributed by atoms with Gasteiger partial charge in [-0.15, -0.1) is 0 Å². The van der Waals surface area contributed by atoms with E-state index in [0.29, 0.717) is 6.42 Å². The zero-order valence-electron chi connectivity index (χ0n) is 13.2. The minimum absolute atomic E-state index is 0. The molecule has 0 heterocycles. The van der Waals surface area contributed by atoms with Crippen LogP contribution in [0.15, 0.2) is 0 Å². The molecule has 22 heavy (non-hydrogen) atoms. The molecule has 0 spiro atoms. The number of carbonyl (C=O) groups is 2. The third kappa shape index (κ3) is 9.77. The quantitative estimate of drug-likeness (QED) is 0.322. The molecule has 0 aliphatic heterocycles. The first-order valence-electron chi connectivity index (χ1n) is 7.86. The van der Waals surface area contributed by atoms with Gasteiger partial charge in [0.15, 0.2) is 5.41 Å². The Labute approximate surface area is 199 Å². The SMILES string of the molecule is CCCCCCCCCCC(C(=O)O)(C(=O)O)C(C)C.[KH].[NaH]. The summed E-state index contributed by atoms with van der Waals surface area (Å²) < 4.78 is 0. The van der Waals surface area contributed by atoms with Gasteiger partial charge in [-0.1, -0.05) is 72.1 Å². The molecule has 0 aliphatic rings. The van der Waals surface area contributed by atoms with Crippen LogP contribution in [0.5, 0.6) is 0 Å². The van der Waals surface area contributed by atoms with Gasteiger partial charge in [-0.2, -0.15) is 0 Å². The number of hydrogen-bond acceptors (Lipinski definition) is 2. The third-order valence-electron chi connectivity index (χ3n) is 4.17. The zero-order chi connectivity index (χ0) is 15.6. The molecule has 0 aliphatic carbocycles. The van der Waals surface area contributed by atoms with Crippen molar-refractivity contribution in [1.29, 1.82) is 0 Å². The van der Waals surface area contributed by atoms with Crippen LogP contribution in [0.2, 0.25) is 0 Å². The van der Waals surface area contributed by atoms with Gasteiger partial charge < -0.3 is 10.2 Å². The number of hydrogen-bond donors (Lipinski definition) is 2. The number of aliphatic carboxylic acids is 2. The molecule has 0 unspecified atom stereocenters. The second-order valence-corrected chi connectivity index (χ2v) is 5.96. The van der Waals surface area contributed by atoms with Crippen LogP contribution in [-0.4, -0.2) is 103 Å². The van der Waals surface area contributed by atoms with Gasteiger partial charge in [0.2, 0.25) is 0 Å². The van der Waals surface area contributed by atoms with Crippen LogP contribution in [0.1, 0.15) is 78.6 Å². The van der Waals surface area contributed by atoms with Crippen LogP contribution in [0.4, 0.5) is 0 Å². The molecule has 4 nitrogen and oxygen atoms in total. The molecule has 6 heteroatoms. The molecule has 0 amide bonds. The molecule has 0 saturated carbocycles. The van der Waals surface area contributed by atoms with Crippen molar-refractivity contribution < 1.29 is 19.8 Å². The van der Waals surface area contributed by atoms with E-state index in [2.05, 4.69) is 6.92 Å². The molecule has 0 bridgehead atoms. The second kappa shape index (κ2) is 16.1. The number of unbranched alkanes of at least 4 members (excludes halogenated alkanes) is 7. The van der Waals surface area contributed by atoms with Crippen LogP contribution >= 0.6 is 0 Å². The van der Waals surface area contributed by atoms with Crippen molar-refractivity contribution in [2.75, 3.05) is 0 Å². The van der Waals surface area contributed by atoms with E-state index in [-0.39, 0.29) is 87.4 Å². The molecule has 0 aromatic rings. The summed E-state index contributed by atoms with van der Waals surface area (Å²) in [5, 5.41) is 18.6. The standard InChI is InChI=1S/C16H30O4.K.Na.2H/c1-4-5-6-7-8-9-10-11-12-16(13(2)3,14(17)18)15(19)20;;;;/h13H,4-12H2,1-3H3,(H,17,18)(H,19,20);;;;. The Hall–Kier alpha value is 1.58. The van der Waals surface area contributed by atoms with Crippen LogP contribution < -0.4 is 0 Å². The summed E-state index contributed by atoms with van der Waals surface area (Å²) in [6, 6.07) is 0. The first kappa shape index (κ1) is 28.4. The molecule has 0 radical (unpaired) electrons. The number of carboxylic acids is 2. The molecule has 0 rings (SSSR count).